The molecule has 0 aromatic heterocycles. The molecule has 1 saturated heterocycles. The van der Waals surface area contributed by atoms with E-state index in [0.717, 1.165) is 6.42 Å². The van der Waals surface area contributed by atoms with Crippen LogP contribution in [-0.4, -0.2) is 36.3 Å². The zero-order valence-electron chi connectivity index (χ0n) is 12.0. The maximum absolute atomic E-state index is 12.3. The fourth-order valence-electron chi connectivity index (χ4n) is 2.22. The van der Waals surface area contributed by atoms with Crippen LogP contribution in [0, 0.1) is 0 Å². The molecule has 1 aromatic rings. The molecular formula is C14H19N3O4. The van der Waals surface area contributed by atoms with Crippen LogP contribution in [0.25, 0.3) is 0 Å². The van der Waals surface area contributed by atoms with Crippen molar-refractivity contribution >= 4 is 17.4 Å². The molecule has 1 aliphatic heterocycles. The number of amides is 1. The monoisotopic (exact) mass is 293 g/mol. The van der Waals surface area contributed by atoms with Crippen molar-refractivity contribution in [1.82, 2.24) is 0 Å². The Morgan fingerprint density at radius 2 is 2.33 bits per heavy atom. The van der Waals surface area contributed by atoms with Gasteiger partial charge in [-0.05, 0) is 38.0 Å². The van der Waals surface area contributed by atoms with E-state index < -0.39 is 5.60 Å². The minimum absolute atomic E-state index is 0.0303. The van der Waals surface area contributed by atoms with E-state index in [1.54, 1.807) is 25.1 Å². The second kappa shape index (κ2) is 6.01. The molecular weight excluding hydrogens is 274 g/mol. The van der Waals surface area contributed by atoms with Crippen molar-refractivity contribution in [1.29, 1.82) is 0 Å². The van der Waals surface area contributed by atoms with Crippen molar-refractivity contribution in [3.63, 3.8) is 0 Å². The molecule has 7 nitrogen and oxygen atoms in total. The molecule has 0 spiro atoms. The van der Waals surface area contributed by atoms with Gasteiger partial charge in [-0.25, -0.2) is 0 Å². The van der Waals surface area contributed by atoms with E-state index in [9.17, 15) is 4.79 Å². The number of carbonyl (C=O) groups excluding carboxylic acids is 1. The molecule has 1 heterocycles. The van der Waals surface area contributed by atoms with Gasteiger partial charge in [0.15, 0.2) is 5.84 Å². The molecule has 1 aromatic carbocycles. The van der Waals surface area contributed by atoms with Gasteiger partial charge in [0.2, 0.25) is 0 Å². The third kappa shape index (κ3) is 3.08. The number of nitrogens with zero attached hydrogens (tertiary/aromatic N) is 1. The number of nitrogens with one attached hydrogen (secondary N) is 1. The van der Waals surface area contributed by atoms with Crippen LogP contribution in [0.15, 0.2) is 23.4 Å². The lowest BCUT2D eigenvalue weighted by molar-refractivity contribution is -0.133. The van der Waals surface area contributed by atoms with Gasteiger partial charge in [0.1, 0.15) is 11.4 Å². The normalized spacial score (nSPS) is 22.1. The number of ether oxygens (including phenoxy) is 2. The Bertz CT molecular complexity index is 565. The third-order valence-corrected chi connectivity index (χ3v) is 3.55. The summed E-state index contributed by atoms with van der Waals surface area (Å²) in [5.74, 6) is 0.182. The molecule has 4 N–H and O–H groups in total. The largest absolute Gasteiger partial charge is 0.495 e. The van der Waals surface area contributed by atoms with Gasteiger partial charge in [-0.1, -0.05) is 5.16 Å². The highest BCUT2D eigenvalue weighted by Crippen LogP contribution is 2.30. The molecule has 0 radical (unpaired) electrons. The van der Waals surface area contributed by atoms with Crippen molar-refractivity contribution in [2.45, 2.75) is 25.4 Å². The Hall–Kier alpha value is -2.28. The minimum Gasteiger partial charge on any atom is -0.495 e. The molecule has 2 rings (SSSR count). The average Bonchev–Trinajstić information content (AvgIpc) is 2.95. The van der Waals surface area contributed by atoms with Crippen molar-refractivity contribution in [3.05, 3.63) is 23.8 Å². The number of amidine groups is 1. The minimum atomic E-state index is -0.810. The highest BCUT2D eigenvalue weighted by molar-refractivity contribution is 6.01. The van der Waals surface area contributed by atoms with Gasteiger partial charge in [-0.15, -0.1) is 0 Å². The number of benzene rings is 1. The maximum Gasteiger partial charge on any atom is 0.256 e. The van der Waals surface area contributed by atoms with Crippen LogP contribution >= 0.6 is 0 Å². The number of nitrogens with two attached hydrogens (primary N) is 1. The van der Waals surface area contributed by atoms with Crippen LogP contribution < -0.4 is 15.8 Å². The van der Waals surface area contributed by atoms with Gasteiger partial charge < -0.3 is 25.7 Å². The van der Waals surface area contributed by atoms with E-state index >= 15 is 0 Å². The van der Waals surface area contributed by atoms with E-state index in [1.165, 1.54) is 7.11 Å². The summed E-state index contributed by atoms with van der Waals surface area (Å²) in [5, 5.41) is 14.4. The van der Waals surface area contributed by atoms with Gasteiger partial charge in [0, 0.05) is 12.2 Å². The van der Waals surface area contributed by atoms with Gasteiger partial charge in [0.25, 0.3) is 5.91 Å². The molecule has 114 valence electrons. The standard InChI is InChI=1S/C14H19N3O4/c1-14(6-3-7-21-14)13(18)16-10-5-4-9(12(15)17-19)8-11(10)20-2/h4-5,8,19H,3,6-7H2,1-2H3,(H2,15,17)(H,16,18). The number of carbonyl (C=O) groups is 1. The Kier molecular flexibility index (Phi) is 4.32. The lowest BCUT2D eigenvalue weighted by Crippen LogP contribution is -2.39. The Morgan fingerprint density at radius 1 is 1.57 bits per heavy atom. The van der Waals surface area contributed by atoms with Crippen LogP contribution in [0.1, 0.15) is 25.3 Å². The summed E-state index contributed by atoms with van der Waals surface area (Å²) in [5.41, 5.74) is 5.72. The topological polar surface area (TPSA) is 106 Å². The number of oxime groups is 1. The highest BCUT2D eigenvalue weighted by atomic mass is 16.5. The average molecular weight is 293 g/mol. The molecule has 0 bridgehead atoms. The smallest absolute Gasteiger partial charge is 0.256 e. The number of rotatable bonds is 4. The fraction of sp³-hybridized carbons (Fsp3) is 0.429. The van der Waals surface area contributed by atoms with Crippen molar-refractivity contribution in [2.75, 3.05) is 19.0 Å². The third-order valence-electron chi connectivity index (χ3n) is 3.55. The first-order valence-electron chi connectivity index (χ1n) is 6.61. The predicted molar refractivity (Wildman–Crippen MR) is 77.7 cm³/mol. The second-order valence-corrected chi connectivity index (χ2v) is 5.04. The van der Waals surface area contributed by atoms with Crippen LogP contribution in [0.4, 0.5) is 5.69 Å². The van der Waals surface area contributed by atoms with Crippen LogP contribution in [0.2, 0.25) is 0 Å². The second-order valence-electron chi connectivity index (χ2n) is 5.04. The first kappa shape index (κ1) is 15.1. The van der Waals surface area contributed by atoms with Crippen LogP contribution in [-0.2, 0) is 9.53 Å². The zero-order chi connectivity index (χ0) is 15.5. The molecule has 1 aliphatic rings. The fourth-order valence-corrected chi connectivity index (χ4v) is 2.22. The number of hydrogen-bond donors (Lipinski definition) is 3. The number of anilines is 1. The van der Waals surface area contributed by atoms with Crippen LogP contribution in [0.3, 0.4) is 0 Å². The Morgan fingerprint density at radius 3 is 2.90 bits per heavy atom. The van der Waals surface area contributed by atoms with Gasteiger partial charge in [-0.3, -0.25) is 4.79 Å². The SMILES string of the molecule is COc1cc(/C(N)=N/O)ccc1NC(=O)C1(C)CCCO1. The molecule has 0 saturated carbocycles. The van der Waals surface area contributed by atoms with Crippen molar-refractivity contribution < 1.29 is 19.5 Å². The number of methoxy groups -OCH3 is 1. The van der Waals surface area contributed by atoms with E-state index in [1.807, 2.05) is 0 Å². The molecule has 1 fully saturated rings. The summed E-state index contributed by atoms with van der Waals surface area (Å²) in [4.78, 5) is 12.3. The summed E-state index contributed by atoms with van der Waals surface area (Å²) < 4.78 is 10.7. The summed E-state index contributed by atoms with van der Waals surface area (Å²) in [7, 11) is 1.48. The van der Waals surface area contributed by atoms with Gasteiger partial charge in [0.05, 0.1) is 12.8 Å². The molecule has 1 unspecified atom stereocenters. The first-order chi connectivity index (χ1) is 10.00. The van der Waals surface area contributed by atoms with E-state index in [2.05, 4.69) is 10.5 Å². The maximum atomic E-state index is 12.3. The van der Waals surface area contributed by atoms with E-state index in [0.29, 0.717) is 30.0 Å². The van der Waals surface area contributed by atoms with Gasteiger partial charge >= 0.3 is 0 Å². The summed E-state index contributed by atoms with van der Waals surface area (Å²) >= 11 is 0. The number of hydrogen-bond acceptors (Lipinski definition) is 5. The molecule has 7 heteroatoms. The lowest BCUT2D eigenvalue weighted by Gasteiger charge is -2.22. The van der Waals surface area contributed by atoms with Crippen molar-refractivity contribution in [3.8, 4) is 5.75 Å². The Balaban J connectivity index is 2.22. The quantitative estimate of drug-likeness (QED) is 0.336. The molecule has 0 aliphatic carbocycles. The van der Waals surface area contributed by atoms with E-state index in [4.69, 9.17) is 20.4 Å². The summed E-state index contributed by atoms with van der Waals surface area (Å²) in [6, 6.07) is 4.86. The predicted octanol–water partition coefficient (Wildman–Crippen LogP) is 1.30. The first-order valence-corrected chi connectivity index (χ1v) is 6.61. The molecule has 1 amide bonds. The van der Waals surface area contributed by atoms with Crippen molar-refractivity contribution in [2.24, 2.45) is 10.9 Å². The molecule has 21 heavy (non-hydrogen) atoms. The lowest BCUT2D eigenvalue weighted by atomic mass is 10.0. The highest BCUT2D eigenvalue weighted by Gasteiger charge is 2.38. The summed E-state index contributed by atoms with van der Waals surface area (Å²) in [6.07, 6.45) is 1.55. The van der Waals surface area contributed by atoms with E-state index in [-0.39, 0.29) is 11.7 Å². The zero-order valence-corrected chi connectivity index (χ0v) is 12.0. The van der Waals surface area contributed by atoms with Gasteiger partial charge in [-0.2, -0.15) is 0 Å². The van der Waals surface area contributed by atoms with Crippen LogP contribution in [0.5, 0.6) is 5.75 Å². The molecule has 1 atom stereocenters. The summed E-state index contributed by atoms with van der Waals surface area (Å²) in [6.45, 7) is 2.36. The Labute approximate surface area is 122 Å².